The van der Waals surface area contributed by atoms with Crippen molar-refractivity contribution in [2.24, 2.45) is 5.73 Å². The maximum absolute atomic E-state index is 8.82. The minimum absolute atomic E-state index is 0.644. The zero-order valence-corrected chi connectivity index (χ0v) is 7.43. The lowest BCUT2D eigenvalue weighted by atomic mass is 9.93. The Morgan fingerprint density at radius 3 is 2.75 bits per heavy atom. The molecule has 0 radical (unpaired) electrons. The first kappa shape index (κ1) is 8.86. The summed E-state index contributed by atoms with van der Waals surface area (Å²) in [6, 6.07) is 2.16. The third kappa shape index (κ3) is 1.88. The van der Waals surface area contributed by atoms with Crippen molar-refractivity contribution in [2.45, 2.75) is 32.6 Å². The van der Waals surface area contributed by atoms with Gasteiger partial charge in [0.1, 0.15) is 6.07 Å². The van der Waals surface area contributed by atoms with Gasteiger partial charge in [-0.05, 0) is 38.2 Å². The topological polar surface area (TPSA) is 49.8 Å². The summed E-state index contributed by atoms with van der Waals surface area (Å²) in [5.41, 5.74) is 8.07. The molecule has 0 heterocycles. The molecule has 1 aliphatic carbocycles. The molecule has 0 aliphatic heterocycles. The monoisotopic (exact) mass is 162 g/mol. The molecule has 2 N–H and O–H groups in total. The number of rotatable bonds is 1. The van der Waals surface area contributed by atoms with E-state index in [1.165, 1.54) is 12.8 Å². The molecule has 0 saturated heterocycles. The van der Waals surface area contributed by atoms with Crippen LogP contribution in [0.1, 0.15) is 32.6 Å². The highest BCUT2D eigenvalue weighted by Gasteiger charge is 2.09. The van der Waals surface area contributed by atoms with E-state index >= 15 is 0 Å². The van der Waals surface area contributed by atoms with E-state index in [-0.39, 0.29) is 0 Å². The SMILES string of the molecule is C/C(N)=C(\C#N)C1=CCCCC1. The fraction of sp³-hybridized carbons (Fsp3) is 0.500. The molecule has 0 spiro atoms. The van der Waals surface area contributed by atoms with Gasteiger partial charge in [0, 0.05) is 5.70 Å². The Bertz CT molecular complexity index is 262. The molecule has 0 atom stereocenters. The number of allylic oxidation sites excluding steroid dienone is 4. The molecule has 0 aromatic heterocycles. The molecule has 2 nitrogen and oxygen atoms in total. The highest BCUT2D eigenvalue weighted by atomic mass is 14.6. The zero-order valence-electron chi connectivity index (χ0n) is 7.43. The second kappa shape index (κ2) is 3.96. The molecule has 0 fully saturated rings. The fourth-order valence-electron chi connectivity index (χ4n) is 1.48. The summed E-state index contributed by atoms with van der Waals surface area (Å²) in [4.78, 5) is 0. The van der Waals surface area contributed by atoms with Crippen LogP contribution < -0.4 is 5.73 Å². The largest absolute Gasteiger partial charge is 0.401 e. The Labute approximate surface area is 73.4 Å². The normalized spacial score (nSPS) is 19.2. The molecule has 0 aromatic carbocycles. The van der Waals surface area contributed by atoms with Crippen LogP contribution in [-0.4, -0.2) is 0 Å². The summed E-state index contributed by atoms with van der Waals surface area (Å²) in [7, 11) is 0. The van der Waals surface area contributed by atoms with Gasteiger partial charge in [0.2, 0.25) is 0 Å². The molecule has 2 heteroatoms. The summed E-state index contributed by atoms with van der Waals surface area (Å²) in [5.74, 6) is 0. The van der Waals surface area contributed by atoms with Crippen molar-refractivity contribution in [2.75, 3.05) is 0 Å². The molecule has 0 amide bonds. The van der Waals surface area contributed by atoms with Crippen LogP contribution in [0.25, 0.3) is 0 Å². The summed E-state index contributed by atoms with van der Waals surface area (Å²) in [6.45, 7) is 1.79. The van der Waals surface area contributed by atoms with E-state index < -0.39 is 0 Å². The van der Waals surface area contributed by atoms with Crippen molar-refractivity contribution in [3.63, 3.8) is 0 Å². The molecule has 1 aliphatic rings. The maximum Gasteiger partial charge on any atom is 0.101 e. The van der Waals surface area contributed by atoms with Crippen molar-refractivity contribution in [1.29, 1.82) is 5.26 Å². The smallest absolute Gasteiger partial charge is 0.101 e. The zero-order chi connectivity index (χ0) is 8.97. The van der Waals surface area contributed by atoms with Crippen LogP contribution in [0.2, 0.25) is 0 Å². The van der Waals surface area contributed by atoms with Crippen LogP contribution in [0.15, 0.2) is 22.9 Å². The van der Waals surface area contributed by atoms with E-state index in [1.54, 1.807) is 6.92 Å². The Kier molecular flexibility index (Phi) is 2.93. The third-order valence-corrected chi connectivity index (χ3v) is 2.12. The lowest BCUT2D eigenvalue weighted by Crippen LogP contribution is -2.02. The Balaban J connectivity index is 2.88. The molecule has 1 rings (SSSR count). The average molecular weight is 162 g/mol. The standard InChI is InChI=1S/C10H14N2/c1-8(12)10(7-11)9-5-3-2-4-6-9/h5H,2-4,6,12H2,1H3/b10-8-. The Morgan fingerprint density at radius 2 is 2.33 bits per heavy atom. The van der Waals surface area contributed by atoms with Crippen molar-refractivity contribution in [3.05, 3.63) is 22.9 Å². The second-order valence-corrected chi connectivity index (χ2v) is 3.14. The first-order valence-electron chi connectivity index (χ1n) is 4.31. The van der Waals surface area contributed by atoms with E-state index in [4.69, 9.17) is 11.0 Å². The second-order valence-electron chi connectivity index (χ2n) is 3.14. The summed E-state index contributed by atoms with van der Waals surface area (Å²) in [6.07, 6.45) is 6.67. The van der Waals surface area contributed by atoms with Gasteiger partial charge in [-0.2, -0.15) is 5.26 Å². The van der Waals surface area contributed by atoms with Crippen molar-refractivity contribution >= 4 is 0 Å². The number of hydrogen-bond acceptors (Lipinski definition) is 2. The fourth-order valence-corrected chi connectivity index (χ4v) is 1.48. The van der Waals surface area contributed by atoms with Gasteiger partial charge in [0.25, 0.3) is 0 Å². The van der Waals surface area contributed by atoms with E-state index in [9.17, 15) is 0 Å². The Morgan fingerprint density at radius 1 is 1.58 bits per heavy atom. The van der Waals surface area contributed by atoms with Crippen LogP contribution >= 0.6 is 0 Å². The van der Waals surface area contributed by atoms with Gasteiger partial charge in [-0.25, -0.2) is 0 Å². The lowest BCUT2D eigenvalue weighted by Gasteiger charge is -2.12. The average Bonchev–Trinajstić information content (AvgIpc) is 2.07. The quantitative estimate of drug-likeness (QED) is 0.601. The van der Waals surface area contributed by atoms with E-state index in [0.717, 1.165) is 18.4 Å². The number of nitriles is 1. The molecular formula is C10H14N2. The maximum atomic E-state index is 8.82. The van der Waals surface area contributed by atoms with Gasteiger partial charge in [-0.3, -0.25) is 0 Å². The highest BCUT2D eigenvalue weighted by molar-refractivity contribution is 5.44. The van der Waals surface area contributed by atoms with Crippen molar-refractivity contribution < 1.29 is 0 Å². The van der Waals surface area contributed by atoms with Gasteiger partial charge in [-0.1, -0.05) is 6.08 Å². The summed E-state index contributed by atoms with van der Waals surface area (Å²) in [5, 5.41) is 8.82. The van der Waals surface area contributed by atoms with E-state index in [1.807, 2.05) is 0 Å². The third-order valence-electron chi connectivity index (χ3n) is 2.12. The van der Waals surface area contributed by atoms with Crippen molar-refractivity contribution in [1.82, 2.24) is 0 Å². The van der Waals surface area contributed by atoms with Gasteiger partial charge >= 0.3 is 0 Å². The predicted molar refractivity (Wildman–Crippen MR) is 49.1 cm³/mol. The molecule has 0 aromatic rings. The van der Waals surface area contributed by atoms with Crippen LogP contribution in [0.3, 0.4) is 0 Å². The van der Waals surface area contributed by atoms with Crippen LogP contribution in [0, 0.1) is 11.3 Å². The van der Waals surface area contributed by atoms with Crippen molar-refractivity contribution in [3.8, 4) is 6.07 Å². The minimum Gasteiger partial charge on any atom is -0.401 e. The molecule has 0 bridgehead atoms. The molecule has 12 heavy (non-hydrogen) atoms. The summed E-state index contributed by atoms with van der Waals surface area (Å²) >= 11 is 0. The minimum atomic E-state index is 0.644. The number of nitrogens with zero attached hydrogens (tertiary/aromatic N) is 1. The van der Waals surface area contributed by atoms with Gasteiger partial charge < -0.3 is 5.73 Å². The van der Waals surface area contributed by atoms with Crippen LogP contribution in [0.5, 0.6) is 0 Å². The summed E-state index contributed by atoms with van der Waals surface area (Å²) < 4.78 is 0. The first-order valence-corrected chi connectivity index (χ1v) is 4.31. The molecular weight excluding hydrogens is 148 g/mol. The first-order chi connectivity index (χ1) is 5.75. The van der Waals surface area contributed by atoms with E-state index in [2.05, 4.69) is 12.1 Å². The molecule has 0 saturated carbocycles. The number of hydrogen-bond donors (Lipinski definition) is 1. The highest BCUT2D eigenvalue weighted by Crippen LogP contribution is 2.24. The molecule has 64 valence electrons. The van der Waals surface area contributed by atoms with E-state index in [0.29, 0.717) is 11.3 Å². The number of nitrogens with two attached hydrogens (primary N) is 1. The Hall–Kier alpha value is -1.23. The van der Waals surface area contributed by atoms with Gasteiger partial charge in [0.15, 0.2) is 0 Å². The van der Waals surface area contributed by atoms with Crippen LogP contribution in [0.4, 0.5) is 0 Å². The van der Waals surface area contributed by atoms with Crippen LogP contribution in [-0.2, 0) is 0 Å². The molecule has 0 unspecified atom stereocenters. The van der Waals surface area contributed by atoms with Gasteiger partial charge in [-0.15, -0.1) is 0 Å². The predicted octanol–water partition coefficient (Wildman–Crippen LogP) is 2.24. The lowest BCUT2D eigenvalue weighted by molar-refractivity contribution is 0.707. The van der Waals surface area contributed by atoms with Gasteiger partial charge in [0.05, 0.1) is 5.57 Å².